The Kier molecular flexibility index (Phi) is 4.92. The molecule has 4 nitrogen and oxygen atoms in total. The highest BCUT2D eigenvalue weighted by Gasteiger charge is 2.26. The zero-order valence-corrected chi connectivity index (χ0v) is 15.1. The number of alkyl halides is 2. The Hall–Kier alpha value is -1.80. The van der Waals surface area contributed by atoms with E-state index >= 15 is 0 Å². The summed E-state index contributed by atoms with van der Waals surface area (Å²) < 4.78 is 47.8. The molecule has 1 amide bonds. The molecule has 0 bridgehead atoms. The zero-order chi connectivity index (χ0) is 18.2. The lowest BCUT2D eigenvalue weighted by Crippen LogP contribution is -2.12. The van der Waals surface area contributed by atoms with E-state index in [0.717, 1.165) is 31.4 Å². The van der Waals surface area contributed by atoms with Gasteiger partial charge in [-0.1, -0.05) is 6.92 Å². The number of fused-ring (bicyclic) bond motifs is 1. The van der Waals surface area contributed by atoms with Crippen molar-refractivity contribution in [2.45, 2.75) is 36.8 Å². The zero-order valence-electron chi connectivity index (χ0n) is 13.5. The van der Waals surface area contributed by atoms with Crippen molar-refractivity contribution in [1.82, 2.24) is 0 Å². The second-order valence-electron chi connectivity index (χ2n) is 6.19. The number of rotatable bonds is 4. The summed E-state index contributed by atoms with van der Waals surface area (Å²) in [7, 11) is -4.63. The molecule has 1 aromatic carbocycles. The van der Waals surface area contributed by atoms with Crippen LogP contribution in [0.4, 0.5) is 14.5 Å². The molecule has 1 aliphatic rings. The molecule has 0 spiro atoms. The first kappa shape index (κ1) is 18.0. The van der Waals surface area contributed by atoms with E-state index in [4.69, 9.17) is 0 Å². The number of benzene rings is 1. The minimum absolute atomic E-state index is 0.281. The fourth-order valence-electron chi connectivity index (χ4n) is 2.84. The molecule has 0 unspecified atom stereocenters. The molecular formula is C17H17F2NO3S2. The van der Waals surface area contributed by atoms with Crippen LogP contribution in [0.5, 0.6) is 0 Å². The van der Waals surface area contributed by atoms with Crippen molar-refractivity contribution in [3.8, 4) is 0 Å². The maximum Gasteiger partial charge on any atom is 0.341 e. The number of anilines is 1. The van der Waals surface area contributed by atoms with Gasteiger partial charge in [-0.3, -0.25) is 4.79 Å². The van der Waals surface area contributed by atoms with Crippen molar-refractivity contribution in [2.75, 3.05) is 5.32 Å². The Balaban J connectivity index is 1.74. The summed E-state index contributed by atoms with van der Waals surface area (Å²) in [5, 5.41) is 2.68. The van der Waals surface area contributed by atoms with Crippen LogP contribution >= 0.6 is 11.3 Å². The molecule has 0 fully saturated rings. The second-order valence-corrected chi connectivity index (χ2v) is 9.25. The summed E-state index contributed by atoms with van der Waals surface area (Å²) in [5.74, 6) is -3.13. The van der Waals surface area contributed by atoms with E-state index in [9.17, 15) is 22.0 Å². The molecule has 134 valence electrons. The molecule has 0 radical (unpaired) electrons. The Bertz CT molecular complexity index is 889. The van der Waals surface area contributed by atoms with E-state index in [1.807, 2.05) is 6.07 Å². The SMILES string of the molecule is C[C@@H]1CCc2sc(C(=O)Nc3ccc(S(=O)(=O)C(F)F)cc3)cc2C1. The number of carbonyl (C=O) groups is 1. The first-order valence-electron chi connectivity index (χ1n) is 7.82. The van der Waals surface area contributed by atoms with Gasteiger partial charge in [0.05, 0.1) is 9.77 Å². The van der Waals surface area contributed by atoms with Crippen LogP contribution < -0.4 is 5.32 Å². The second kappa shape index (κ2) is 6.84. The van der Waals surface area contributed by atoms with E-state index in [2.05, 4.69) is 12.2 Å². The van der Waals surface area contributed by atoms with Crippen LogP contribution in [0.2, 0.25) is 0 Å². The van der Waals surface area contributed by atoms with Gasteiger partial charge in [-0.2, -0.15) is 8.78 Å². The molecule has 1 N–H and O–H groups in total. The molecule has 1 atom stereocenters. The van der Waals surface area contributed by atoms with Crippen molar-refractivity contribution in [1.29, 1.82) is 0 Å². The van der Waals surface area contributed by atoms with Gasteiger partial charge in [0.2, 0.25) is 9.84 Å². The third kappa shape index (κ3) is 3.74. The molecule has 3 rings (SSSR count). The van der Waals surface area contributed by atoms with E-state index in [-0.39, 0.29) is 5.91 Å². The molecule has 0 saturated heterocycles. The molecule has 1 aromatic heterocycles. The van der Waals surface area contributed by atoms with Gasteiger partial charge >= 0.3 is 5.76 Å². The summed E-state index contributed by atoms with van der Waals surface area (Å²) in [6.45, 7) is 2.19. The van der Waals surface area contributed by atoms with Crippen molar-refractivity contribution >= 4 is 32.8 Å². The number of hydrogen-bond donors (Lipinski definition) is 1. The highest BCUT2D eigenvalue weighted by atomic mass is 32.2. The molecule has 8 heteroatoms. The van der Waals surface area contributed by atoms with E-state index in [1.54, 1.807) is 0 Å². The van der Waals surface area contributed by atoms with Crippen molar-refractivity contribution in [3.05, 3.63) is 45.6 Å². The summed E-state index contributed by atoms with van der Waals surface area (Å²) >= 11 is 1.47. The predicted octanol–water partition coefficient (Wildman–Crippen LogP) is 4.12. The van der Waals surface area contributed by atoms with E-state index in [1.165, 1.54) is 33.9 Å². The van der Waals surface area contributed by atoms with Crippen LogP contribution in [-0.4, -0.2) is 20.1 Å². The summed E-state index contributed by atoms with van der Waals surface area (Å²) in [5.41, 5.74) is 1.57. The van der Waals surface area contributed by atoms with Crippen molar-refractivity contribution in [2.24, 2.45) is 5.92 Å². The normalized spacial score (nSPS) is 17.4. The van der Waals surface area contributed by atoms with Gasteiger partial charge in [-0.15, -0.1) is 11.3 Å². The Morgan fingerprint density at radius 1 is 1.28 bits per heavy atom. The number of amides is 1. The predicted molar refractivity (Wildman–Crippen MR) is 93.1 cm³/mol. The largest absolute Gasteiger partial charge is 0.341 e. The number of sulfone groups is 1. The average Bonchev–Trinajstić information content (AvgIpc) is 2.98. The van der Waals surface area contributed by atoms with Gasteiger partial charge in [0, 0.05) is 10.6 Å². The minimum Gasteiger partial charge on any atom is -0.321 e. The van der Waals surface area contributed by atoms with Gasteiger partial charge in [0.25, 0.3) is 5.91 Å². The average molecular weight is 385 g/mol. The van der Waals surface area contributed by atoms with Crippen LogP contribution in [-0.2, 0) is 22.7 Å². The standard InChI is InChI=1S/C17H17F2NO3S2/c1-10-2-7-14-11(8-10)9-15(24-14)16(21)20-12-3-5-13(6-4-12)25(22,23)17(18)19/h3-6,9-10,17H,2,7-8H2,1H3,(H,20,21)/t10-/m1/s1. The van der Waals surface area contributed by atoms with E-state index in [0.29, 0.717) is 16.5 Å². The monoisotopic (exact) mass is 385 g/mol. The van der Waals surface area contributed by atoms with Crippen LogP contribution in [0.3, 0.4) is 0 Å². The molecular weight excluding hydrogens is 368 g/mol. The quantitative estimate of drug-likeness (QED) is 0.861. The molecule has 25 heavy (non-hydrogen) atoms. The lowest BCUT2D eigenvalue weighted by atomic mass is 9.90. The van der Waals surface area contributed by atoms with Gasteiger partial charge in [-0.05, 0) is 61.1 Å². The molecule has 1 aliphatic carbocycles. The summed E-state index contributed by atoms with van der Waals surface area (Å²) in [6, 6.07) is 6.66. The van der Waals surface area contributed by atoms with E-state index < -0.39 is 20.5 Å². The maximum absolute atomic E-state index is 12.5. The highest BCUT2D eigenvalue weighted by Crippen LogP contribution is 2.32. The number of carbonyl (C=O) groups excluding carboxylic acids is 1. The van der Waals surface area contributed by atoms with Crippen LogP contribution in [0, 0.1) is 5.92 Å². The number of nitrogens with one attached hydrogen (secondary N) is 1. The van der Waals surface area contributed by atoms with Crippen molar-refractivity contribution in [3.63, 3.8) is 0 Å². The summed E-state index contributed by atoms with van der Waals surface area (Å²) in [6.07, 6.45) is 3.07. The topological polar surface area (TPSA) is 63.2 Å². The summed E-state index contributed by atoms with van der Waals surface area (Å²) in [4.78, 5) is 13.7. The molecule has 2 aromatic rings. The van der Waals surface area contributed by atoms with Gasteiger partial charge in [-0.25, -0.2) is 8.42 Å². The molecule has 1 heterocycles. The van der Waals surface area contributed by atoms with Crippen LogP contribution in [0.1, 0.15) is 33.5 Å². The van der Waals surface area contributed by atoms with Crippen LogP contribution in [0.15, 0.2) is 35.2 Å². The number of hydrogen-bond acceptors (Lipinski definition) is 4. The first-order chi connectivity index (χ1) is 11.8. The molecule has 0 saturated carbocycles. The number of aryl methyl sites for hydroxylation is 1. The smallest absolute Gasteiger partial charge is 0.321 e. The van der Waals surface area contributed by atoms with Gasteiger partial charge in [0.15, 0.2) is 0 Å². The first-order valence-corrected chi connectivity index (χ1v) is 10.2. The lowest BCUT2D eigenvalue weighted by Gasteiger charge is -2.16. The van der Waals surface area contributed by atoms with Gasteiger partial charge < -0.3 is 5.32 Å². The third-order valence-corrected chi connectivity index (χ3v) is 6.86. The minimum atomic E-state index is -4.63. The lowest BCUT2D eigenvalue weighted by molar-refractivity contribution is 0.103. The maximum atomic E-state index is 12.5. The van der Waals surface area contributed by atoms with Gasteiger partial charge in [0.1, 0.15) is 0 Å². The van der Waals surface area contributed by atoms with Crippen molar-refractivity contribution < 1.29 is 22.0 Å². The fourth-order valence-corrected chi connectivity index (χ4v) is 4.67. The number of halogens is 2. The van der Waals surface area contributed by atoms with Crippen LogP contribution in [0.25, 0.3) is 0 Å². The Labute approximate surface area is 148 Å². The highest BCUT2D eigenvalue weighted by molar-refractivity contribution is 7.91. The fraction of sp³-hybridized carbons (Fsp3) is 0.353. The number of thiophene rings is 1. The Morgan fingerprint density at radius 2 is 1.96 bits per heavy atom. The third-order valence-electron chi connectivity index (χ3n) is 4.23. The molecule has 0 aliphatic heterocycles. The Morgan fingerprint density at radius 3 is 2.60 bits per heavy atom.